The number of benzene rings is 3. The molecule has 0 radical (unpaired) electrons. The summed E-state index contributed by atoms with van der Waals surface area (Å²) in [4.78, 5) is 0. The van der Waals surface area contributed by atoms with Gasteiger partial charge in [-0.15, -0.1) is 0 Å². The molecule has 142 valence electrons. The van der Waals surface area contributed by atoms with E-state index in [1.807, 2.05) is 24.3 Å². The van der Waals surface area contributed by atoms with E-state index in [0.717, 1.165) is 16.7 Å². The summed E-state index contributed by atoms with van der Waals surface area (Å²) in [5, 5.41) is 19.3. The summed E-state index contributed by atoms with van der Waals surface area (Å²) >= 11 is 5.92. The largest absolute Gasteiger partial charge is 0.493 e. The van der Waals surface area contributed by atoms with Crippen molar-refractivity contribution in [2.45, 2.75) is 6.61 Å². The van der Waals surface area contributed by atoms with E-state index in [2.05, 4.69) is 12.1 Å². The number of nitrogens with zero attached hydrogens (tertiary/aromatic N) is 2. The molecule has 5 heteroatoms. The lowest BCUT2D eigenvalue weighted by Gasteiger charge is -2.12. The summed E-state index contributed by atoms with van der Waals surface area (Å²) in [7, 11) is 1.56. The number of ether oxygens (including phenoxy) is 2. The van der Waals surface area contributed by atoms with Crippen LogP contribution in [0.25, 0.3) is 11.6 Å². The van der Waals surface area contributed by atoms with Gasteiger partial charge in [-0.1, -0.05) is 48.0 Å². The second kappa shape index (κ2) is 9.46. The van der Waals surface area contributed by atoms with Gasteiger partial charge in [0, 0.05) is 10.6 Å². The van der Waals surface area contributed by atoms with Crippen LogP contribution in [0.5, 0.6) is 11.5 Å². The molecule has 0 unspecified atom stereocenters. The van der Waals surface area contributed by atoms with Crippen LogP contribution in [0.4, 0.5) is 0 Å². The molecule has 0 bridgehead atoms. The number of nitriles is 2. The van der Waals surface area contributed by atoms with Gasteiger partial charge in [-0.05, 0) is 47.5 Å². The van der Waals surface area contributed by atoms with Gasteiger partial charge < -0.3 is 9.47 Å². The van der Waals surface area contributed by atoms with Gasteiger partial charge in [0.25, 0.3) is 0 Å². The first-order chi connectivity index (χ1) is 14.1. The maximum Gasteiger partial charge on any atom is 0.161 e. The van der Waals surface area contributed by atoms with E-state index in [1.165, 1.54) is 0 Å². The van der Waals surface area contributed by atoms with Crippen molar-refractivity contribution in [2.75, 3.05) is 7.11 Å². The molecule has 0 aliphatic carbocycles. The molecule has 0 fully saturated rings. The molecule has 3 aromatic rings. The first kappa shape index (κ1) is 20.0. The van der Waals surface area contributed by atoms with Crippen molar-refractivity contribution in [2.24, 2.45) is 0 Å². The van der Waals surface area contributed by atoms with E-state index < -0.39 is 0 Å². The minimum Gasteiger partial charge on any atom is -0.493 e. The Morgan fingerprint density at radius 2 is 1.76 bits per heavy atom. The molecule has 0 amide bonds. The molecule has 0 atom stereocenters. The third-order valence-corrected chi connectivity index (χ3v) is 4.55. The van der Waals surface area contributed by atoms with Crippen molar-refractivity contribution in [1.29, 1.82) is 10.5 Å². The SMILES string of the molecule is COc1cc(/C=C(/C#N)c2ccc(Cl)cc2)ccc1OCc1ccccc1C#N. The summed E-state index contributed by atoms with van der Waals surface area (Å²) < 4.78 is 11.3. The third kappa shape index (κ3) is 4.96. The van der Waals surface area contributed by atoms with Crippen molar-refractivity contribution in [1.82, 2.24) is 0 Å². The average Bonchev–Trinajstić information content (AvgIpc) is 2.77. The van der Waals surface area contributed by atoms with Gasteiger partial charge in [0.1, 0.15) is 6.61 Å². The van der Waals surface area contributed by atoms with Crippen molar-refractivity contribution in [3.05, 3.63) is 94.0 Å². The number of methoxy groups -OCH3 is 1. The second-order valence-electron chi connectivity index (χ2n) is 6.14. The van der Waals surface area contributed by atoms with Gasteiger partial charge in [-0.2, -0.15) is 10.5 Å². The highest BCUT2D eigenvalue weighted by atomic mass is 35.5. The average molecular weight is 401 g/mol. The predicted molar refractivity (Wildman–Crippen MR) is 113 cm³/mol. The quantitative estimate of drug-likeness (QED) is 0.383. The van der Waals surface area contributed by atoms with Crippen LogP contribution in [0.1, 0.15) is 22.3 Å². The molecule has 0 saturated carbocycles. The molecule has 29 heavy (non-hydrogen) atoms. The highest BCUT2D eigenvalue weighted by molar-refractivity contribution is 6.30. The lowest BCUT2D eigenvalue weighted by Crippen LogP contribution is -2.00. The number of hydrogen-bond acceptors (Lipinski definition) is 4. The zero-order valence-electron chi connectivity index (χ0n) is 15.7. The molecular formula is C24H17ClN2O2. The smallest absolute Gasteiger partial charge is 0.161 e. The fourth-order valence-corrected chi connectivity index (χ4v) is 2.91. The van der Waals surface area contributed by atoms with Crippen LogP contribution < -0.4 is 9.47 Å². The van der Waals surface area contributed by atoms with Gasteiger partial charge in [0.2, 0.25) is 0 Å². The molecule has 0 heterocycles. The Morgan fingerprint density at radius 3 is 2.45 bits per heavy atom. The fourth-order valence-electron chi connectivity index (χ4n) is 2.78. The van der Waals surface area contributed by atoms with Gasteiger partial charge in [0.15, 0.2) is 11.5 Å². The Hall–Kier alpha value is -3.73. The molecule has 4 nitrogen and oxygen atoms in total. The number of halogens is 1. The molecular weight excluding hydrogens is 384 g/mol. The summed E-state index contributed by atoms with van der Waals surface area (Å²) in [6, 6.07) is 24.2. The standard InChI is InChI=1S/C24H17ClN2O2/c1-28-24-13-17(12-21(15-27)18-7-9-22(25)10-8-18)6-11-23(24)29-16-20-5-3-2-4-19(20)14-26/h2-13H,16H2,1H3/b21-12-. The third-order valence-electron chi connectivity index (χ3n) is 4.30. The highest BCUT2D eigenvalue weighted by Gasteiger charge is 2.09. The molecule has 0 spiro atoms. The van der Waals surface area contributed by atoms with Crippen molar-refractivity contribution in [3.63, 3.8) is 0 Å². The molecule has 3 rings (SSSR count). The highest BCUT2D eigenvalue weighted by Crippen LogP contribution is 2.31. The number of allylic oxidation sites excluding steroid dienone is 1. The van der Waals surface area contributed by atoms with Crippen molar-refractivity contribution < 1.29 is 9.47 Å². The molecule has 0 N–H and O–H groups in total. The summed E-state index contributed by atoms with van der Waals surface area (Å²) in [5.41, 5.74) is 3.48. The zero-order chi connectivity index (χ0) is 20.6. The summed E-state index contributed by atoms with van der Waals surface area (Å²) in [5.74, 6) is 1.10. The zero-order valence-corrected chi connectivity index (χ0v) is 16.5. The summed E-state index contributed by atoms with van der Waals surface area (Å²) in [6.07, 6.45) is 1.78. The molecule has 0 aromatic heterocycles. The molecule has 0 aliphatic rings. The molecule has 0 saturated heterocycles. The van der Waals surface area contributed by atoms with Crippen LogP contribution in [0.15, 0.2) is 66.7 Å². The van der Waals surface area contributed by atoms with E-state index in [4.69, 9.17) is 21.1 Å². The number of hydrogen-bond donors (Lipinski definition) is 0. The maximum absolute atomic E-state index is 9.52. The van der Waals surface area contributed by atoms with Crippen molar-refractivity contribution >= 4 is 23.3 Å². The minimum atomic E-state index is 0.253. The van der Waals surface area contributed by atoms with Gasteiger partial charge in [-0.25, -0.2) is 0 Å². The summed E-state index contributed by atoms with van der Waals surface area (Å²) in [6.45, 7) is 0.253. The van der Waals surface area contributed by atoms with Crippen LogP contribution in [0.2, 0.25) is 5.02 Å². The topological polar surface area (TPSA) is 66.0 Å². The Bertz CT molecular complexity index is 1120. The van der Waals surface area contributed by atoms with Crippen LogP contribution >= 0.6 is 11.6 Å². The number of rotatable bonds is 6. The molecule has 3 aromatic carbocycles. The first-order valence-electron chi connectivity index (χ1n) is 8.81. The molecule has 0 aliphatic heterocycles. The normalized spacial score (nSPS) is 10.7. The van der Waals surface area contributed by atoms with Crippen LogP contribution in [-0.4, -0.2) is 7.11 Å². The Kier molecular flexibility index (Phi) is 6.53. The lowest BCUT2D eigenvalue weighted by molar-refractivity contribution is 0.284. The Labute approximate surface area is 174 Å². The van der Waals surface area contributed by atoms with E-state index >= 15 is 0 Å². The maximum atomic E-state index is 9.52. The van der Waals surface area contributed by atoms with Crippen LogP contribution in [-0.2, 0) is 6.61 Å². The Morgan fingerprint density at radius 1 is 1.00 bits per heavy atom. The monoisotopic (exact) mass is 400 g/mol. The Balaban J connectivity index is 1.84. The van der Waals surface area contributed by atoms with Crippen molar-refractivity contribution in [3.8, 4) is 23.6 Å². The van der Waals surface area contributed by atoms with E-state index in [-0.39, 0.29) is 6.61 Å². The minimum absolute atomic E-state index is 0.253. The lowest BCUT2D eigenvalue weighted by atomic mass is 10.0. The van der Waals surface area contributed by atoms with Gasteiger partial charge in [-0.3, -0.25) is 0 Å². The fraction of sp³-hybridized carbons (Fsp3) is 0.0833. The predicted octanol–water partition coefficient (Wildman–Crippen LogP) is 5.86. The van der Waals surface area contributed by atoms with Gasteiger partial charge in [0.05, 0.1) is 30.4 Å². The van der Waals surface area contributed by atoms with Crippen LogP contribution in [0, 0.1) is 22.7 Å². The van der Waals surface area contributed by atoms with Crippen LogP contribution in [0.3, 0.4) is 0 Å². The first-order valence-corrected chi connectivity index (χ1v) is 9.19. The van der Waals surface area contributed by atoms with E-state index in [1.54, 1.807) is 55.7 Å². The second-order valence-corrected chi connectivity index (χ2v) is 6.58. The van der Waals surface area contributed by atoms with E-state index in [0.29, 0.717) is 27.7 Å². The van der Waals surface area contributed by atoms with Gasteiger partial charge >= 0.3 is 0 Å². The van der Waals surface area contributed by atoms with E-state index in [9.17, 15) is 10.5 Å².